The van der Waals surface area contributed by atoms with E-state index in [1.54, 1.807) is 31.3 Å². The number of hydrogen-bond donors (Lipinski definition) is 1. The van der Waals surface area contributed by atoms with Gasteiger partial charge in [0.1, 0.15) is 5.66 Å². The fourth-order valence-electron chi connectivity index (χ4n) is 3.08. The van der Waals surface area contributed by atoms with Crippen LogP contribution in [0.25, 0.3) is 16.2 Å². The molecule has 1 heterocycles. The van der Waals surface area contributed by atoms with Crippen molar-refractivity contribution in [2.75, 3.05) is 13.3 Å². The minimum atomic E-state index is -3.25. The molecule has 0 saturated carbocycles. The fourth-order valence-corrected chi connectivity index (χ4v) is 6.72. The van der Waals surface area contributed by atoms with E-state index in [0.29, 0.717) is 5.02 Å². The SMILES string of the molecule is CCOP(C)(=O)C(C(=O)NC=Cc1cccc(Cl)c1)c1csc2ccc([123I])cc12. The molecule has 0 radical (unpaired) electrons. The smallest absolute Gasteiger partial charge is 0.241 e. The van der Waals surface area contributed by atoms with Crippen LogP contribution in [-0.4, -0.2) is 19.2 Å². The number of amides is 1. The lowest BCUT2D eigenvalue weighted by molar-refractivity contribution is -0.120. The molecule has 0 fully saturated rings. The van der Waals surface area contributed by atoms with E-state index in [2.05, 4.69) is 27.9 Å². The van der Waals surface area contributed by atoms with Crippen molar-refractivity contribution in [2.45, 2.75) is 12.6 Å². The van der Waals surface area contributed by atoms with Crippen molar-refractivity contribution < 1.29 is 13.9 Å². The molecule has 3 aromatic rings. The Hall–Kier alpha value is -1.18. The summed E-state index contributed by atoms with van der Waals surface area (Å²) in [5.41, 5.74) is 0.698. The standard InChI is InChI=1S/C21H20ClINO3PS/c1-3-27-28(2,26)20(18-13-29-19-8-7-16(23)12-17(18)19)21(25)24-10-9-14-5-4-6-15(22)11-14/h4-13,20H,3H2,1-2H3,(H,24,25)/i23-4. The Morgan fingerprint density at radius 1 is 1.34 bits per heavy atom. The summed E-state index contributed by atoms with van der Waals surface area (Å²) in [5.74, 6) is -0.360. The molecular formula is C21H20ClINO3PS. The quantitative estimate of drug-likeness (QED) is 0.254. The van der Waals surface area contributed by atoms with Crippen LogP contribution in [0, 0.1) is 3.57 Å². The Balaban J connectivity index is 1.94. The number of carbonyl (C=O) groups excluding carboxylic acids is 1. The molecule has 1 aromatic heterocycles. The zero-order chi connectivity index (χ0) is 21.0. The summed E-state index contributed by atoms with van der Waals surface area (Å²) in [5, 5.41) is 6.22. The predicted molar refractivity (Wildman–Crippen MR) is 131 cm³/mol. The van der Waals surface area contributed by atoms with E-state index in [9.17, 15) is 9.36 Å². The highest BCUT2D eigenvalue weighted by Gasteiger charge is 2.38. The minimum absolute atomic E-state index is 0.273. The van der Waals surface area contributed by atoms with Gasteiger partial charge in [0.15, 0.2) is 0 Å². The Morgan fingerprint density at radius 2 is 2.14 bits per heavy atom. The molecule has 0 aliphatic heterocycles. The first-order valence-electron chi connectivity index (χ1n) is 8.92. The number of nitrogens with one attached hydrogen (secondary N) is 1. The fraction of sp³-hybridized carbons (Fsp3) is 0.190. The van der Waals surface area contributed by atoms with E-state index in [1.165, 1.54) is 18.0 Å². The number of hydrogen-bond acceptors (Lipinski definition) is 4. The van der Waals surface area contributed by atoms with Gasteiger partial charge in [-0.3, -0.25) is 9.36 Å². The highest BCUT2D eigenvalue weighted by atomic mass is 123. The second-order valence-corrected chi connectivity index (χ2v) is 11.6. The van der Waals surface area contributed by atoms with Crippen LogP contribution < -0.4 is 5.32 Å². The molecule has 2 aromatic carbocycles. The second-order valence-electron chi connectivity index (χ2n) is 6.46. The van der Waals surface area contributed by atoms with Crippen molar-refractivity contribution in [1.82, 2.24) is 5.32 Å². The maximum atomic E-state index is 13.3. The maximum absolute atomic E-state index is 13.3. The highest BCUT2D eigenvalue weighted by Crippen LogP contribution is 2.58. The average molecular weight is 556 g/mol. The normalized spacial score (nSPS) is 14.8. The van der Waals surface area contributed by atoms with E-state index in [-0.39, 0.29) is 12.5 Å². The lowest BCUT2D eigenvalue weighted by Crippen LogP contribution is -2.25. The Labute approximate surface area is 192 Å². The van der Waals surface area contributed by atoms with Crippen molar-refractivity contribution >= 4 is 75.0 Å². The summed E-state index contributed by atoms with van der Waals surface area (Å²) < 4.78 is 21.0. The van der Waals surface area contributed by atoms with E-state index in [0.717, 1.165) is 24.8 Å². The topological polar surface area (TPSA) is 55.4 Å². The van der Waals surface area contributed by atoms with Gasteiger partial charge in [0, 0.05) is 26.2 Å². The molecule has 0 bridgehead atoms. The van der Waals surface area contributed by atoms with Gasteiger partial charge in [-0.05, 0) is 87.8 Å². The van der Waals surface area contributed by atoms with Crippen molar-refractivity contribution in [3.8, 4) is 0 Å². The van der Waals surface area contributed by atoms with Gasteiger partial charge in [-0.25, -0.2) is 0 Å². The number of halogens is 2. The average Bonchev–Trinajstić information content (AvgIpc) is 3.04. The monoisotopic (exact) mass is 555 g/mol. The van der Waals surface area contributed by atoms with Gasteiger partial charge in [0.05, 0.1) is 6.61 Å². The molecule has 29 heavy (non-hydrogen) atoms. The summed E-state index contributed by atoms with van der Waals surface area (Å²) in [6, 6.07) is 13.3. The zero-order valence-electron chi connectivity index (χ0n) is 15.9. The third-order valence-corrected chi connectivity index (χ3v) is 8.42. The second kappa shape index (κ2) is 9.75. The molecule has 1 amide bonds. The third kappa shape index (κ3) is 5.50. The van der Waals surface area contributed by atoms with Crippen LogP contribution in [-0.2, 0) is 13.9 Å². The van der Waals surface area contributed by atoms with Gasteiger partial charge in [-0.2, -0.15) is 0 Å². The summed E-state index contributed by atoms with van der Waals surface area (Å²) in [6.45, 7) is 3.58. The molecule has 0 saturated heterocycles. The van der Waals surface area contributed by atoms with Crippen molar-refractivity contribution in [2.24, 2.45) is 0 Å². The summed E-state index contributed by atoms with van der Waals surface area (Å²) in [6.07, 6.45) is 3.29. The predicted octanol–water partition coefficient (Wildman–Crippen LogP) is 6.93. The molecule has 0 aliphatic rings. The van der Waals surface area contributed by atoms with E-state index < -0.39 is 13.0 Å². The number of fused-ring (bicyclic) bond motifs is 1. The summed E-state index contributed by atoms with van der Waals surface area (Å²) in [7, 11) is -3.25. The lowest BCUT2D eigenvalue weighted by atomic mass is 10.1. The Bertz CT molecular complexity index is 1110. The minimum Gasteiger partial charge on any atom is -0.332 e. The summed E-state index contributed by atoms with van der Waals surface area (Å²) in [4.78, 5) is 13.1. The maximum Gasteiger partial charge on any atom is 0.241 e. The molecule has 2 unspecified atom stereocenters. The zero-order valence-corrected chi connectivity index (χ0v) is 20.5. The molecule has 0 spiro atoms. The molecule has 152 valence electrons. The largest absolute Gasteiger partial charge is 0.332 e. The Morgan fingerprint density at radius 3 is 2.86 bits per heavy atom. The van der Waals surface area contributed by atoms with Gasteiger partial charge in [-0.15, -0.1) is 11.3 Å². The number of thiophene rings is 1. The van der Waals surface area contributed by atoms with Gasteiger partial charge in [0.25, 0.3) is 0 Å². The first-order chi connectivity index (χ1) is 13.8. The van der Waals surface area contributed by atoms with Crippen LogP contribution in [0.1, 0.15) is 23.7 Å². The van der Waals surface area contributed by atoms with Gasteiger partial charge in [-0.1, -0.05) is 23.7 Å². The van der Waals surface area contributed by atoms with Crippen molar-refractivity contribution in [1.29, 1.82) is 0 Å². The van der Waals surface area contributed by atoms with Gasteiger partial charge >= 0.3 is 0 Å². The van der Waals surface area contributed by atoms with E-state index >= 15 is 0 Å². The molecule has 4 nitrogen and oxygen atoms in total. The Kier molecular flexibility index (Phi) is 7.57. The third-order valence-electron chi connectivity index (χ3n) is 4.31. The van der Waals surface area contributed by atoms with Gasteiger partial charge < -0.3 is 9.84 Å². The van der Waals surface area contributed by atoms with Crippen LogP contribution >= 0.6 is 52.9 Å². The molecule has 2 atom stereocenters. The van der Waals surface area contributed by atoms with Crippen molar-refractivity contribution in [3.63, 3.8) is 0 Å². The molecule has 8 heteroatoms. The molecular weight excluding hydrogens is 536 g/mol. The van der Waals surface area contributed by atoms with Crippen LogP contribution in [0.3, 0.4) is 0 Å². The first kappa shape index (κ1) is 22.5. The van der Waals surface area contributed by atoms with E-state index in [4.69, 9.17) is 16.1 Å². The van der Waals surface area contributed by atoms with Crippen LogP contribution in [0.15, 0.2) is 54.0 Å². The number of carbonyl (C=O) groups is 1. The molecule has 0 aliphatic carbocycles. The summed E-state index contributed by atoms with van der Waals surface area (Å²) >= 11 is 9.76. The van der Waals surface area contributed by atoms with Crippen molar-refractivity contribution in [3.05, 3.63) is 73.8 Å². The van der Waals surface area contributed by atoms with Crippen LogP contribution in [0.4, 0.5) is 0 Å². The van der Waals surface area contributed by atoms with Gasteiger partial charge in [0.2, 0.25) is 13.3 Å². The van der Waals surface area contributed by atoms with Crippen LogP contribution in [0.2, 0.25) is 5.02 Å². The number of benzene rings is 2. The molecule has 3 rings (SSSR count). The number of rotatable bonds is 7. The van der Waals surface area contributed by atoms with E-state index in [1.807, 2.05) is 35.7 Å². The highest BCUT2D eigenvalue weighted by molar-refractivity contribution is 14.1. The lowest BCUT2D eigenvalue weighted by Gasteiger charge is -2.22. The van der Waals surface area contributed by atoms with Crippen LogP contribution in [0.5, 0.6) is 0 Å². The molecule has 1 N–H and O–H groups in total. The first-order valence-corrected chi connectivity index (χ1v) is 13.4.